The molecule has 0 saturated carbocycles. The first-order valence-electron chi connectivity index (χ1n) is 7.88. The van der Waals surface area contributed by atoms with Crippen molar-refractivity contribution in [3.8, 4) is 0 Å². The van der Waals surface area contributed by atoms with Crippen molar-refractivity contribution in [3.05, 3.63) is 12.3 Å². The van der Waals surface area contributed by atoms with Gasteiger partial charge in [0.15, 0.2) is 6.61 Å². The Hall–Kier alpha value is -1.35. The fourth-order valence-corrected chi connectivity index (χ4v) is 4.21. The van der Waals surface area contributed by atoms with Gasteiger partial charge in [-0.15, -0.1) is 0 Å². The second-order valence-electron chi connectivity index (χ2n) is 6.43. The van der Waals surface area contributed by atoms with Crippen LogP contribution in [0.4, 0.5) is 0 Å². The molecule has 0 aliphatic carbocycles. The molecule has 9 heteroatoms. The summed E-state index contributed by atoms with van der Waals surface area (Å²) >= 11 is 0. The molecule has 0 fully saturated rings. The highest BCUT2D eigenvalue weighted by Gasteiger charge is 2.23. The van der Waals surface area contributed by atoms with Crippen LogP contribution in [0, 0.1) is 5.92 Å². The van der Waals surface area contributed by atoms with Crippen LogP contribution in [0.2, 0.25) is 0 Å². The van der Waals surface area contributed by atoms with E-state index in [0.29, 0.717) is 17.9 Å². The number of carbonyl (C=O) groups is 2. The first kappa shape index (κ1) is 23.6. The number of rotatable bonds is 14. The van der Waals surface area contributed by atoms with Gasteiger partial charge in [-0.1, -0.05) is 47.2 Å². The molecule has 144 valence electrons. The standard InChI is InChI=1S/C16H28N2O5S2/c1-11(2)8-17-23-9-12(3)18-13(15(21)22)10-24-25-16(4,5)7-6-14(19)20/h8,11,13,18H,3,6-7,9-10H2,1-2,4-5H3,(H,19,20)(H,21,22)/b17-8+. The zero-order valence-corrected chi connectivity index (χ0v) is 16.8. The predicted molar refractivity (Wildman–Crippen MR) is 104 cm³/mol. The molecule has 0 spiro atoms. The van der Waals surface area contributed by atoms with Gasteiger partial charge in [-0.05, 0) is 26.2 Å². The van der Waals surface area contributed by atoms with Crippen LogP contribution in [0.25, 0.3) is 0 Å². The van der Waals surface area contributed by atoms with E-state index in [1.54, 1.807) is 6.21 Å². The lowest BCUT2D eigenvalue weighted by Crippen LogP contribution is -2.38. The minimum absolute atomic E-state index is 0.0895. The van der Waals surface area contributed by atoms with Crippen molar-refractivity contribution in [2.45, 2.75) is 51.3 Å². The van der Waals surface area contributed by atoms with E-state index in [1.165, 1.54) is 21.6 Å². The number of carboxylic acids is 2. The Balaban J connectivity index is 4.27. The predicted octanol–water partition coefficient (Wildman–Crippen LogP) is 3.23. The zero-order chi connectivity index (χ0) is 19.5. The molecule has 0 heterocycles. The number of oxime groups is 1. The van der Waals surface area contributed by atoms with E-state index in [-0.39, 0.29) is 23.7 Å². The van der Waals surface area contributed by atoms with Gasteiger partial charge >= 0.3 is 11.9 Å². The summed E-state index contributed by atoms with van der Waals surface area (Å²) in [5.74, 6) is -1.24. The molecule has 0 aliphatic rings. The third-order valence-corrected chi connectivity index (χ3v) is 6.17. The Kier molecular flexibility index (Phi) is 11.4. The Labute approximate surface area is 157 Å². The van der Waals surface area contributed by atoms with Crippen LogP contribution in [0.5, 0.6) is 0 Å². The molecular weight excluding hydrogens is 364 g/mol. The summed E-state index contributed by atoms with van der Waals surface area (Å²) in [4.78, 5) is 27.0. The lowest BCUT2D eigenvalue weighted by Gasteiger charge is -2.23. The van der Waals surface area contributed by atoms with Gasteiger partial charge in [-0.2, -0.15) is 0 Å². The number of hydrogen-bond acceptors (Lipinski definition) is 7. The van der Waals surface area contributed by atoms with Crippen molar-refractivity contribution < 1.29 is 24.6 Å². The van der Waals surface area contributed by atoms with Gasteiger partial charge in [0.2, 0.25) is 0 Å². The zero-order valence-electron chi connectivity index (χ0n) is 15.2. The van der Waals surface area contributed by atoms with Crippen LogP contribution in [0.3, 0.4) is 0 Å². The summed E-state index contributed by atoms with van der Waals surface area (Å²) in [5.41, 5.74) is 0.434. The van der Waals surface area contributed by atoms with Crippen molar-refractivity contribution in [2.75, 3.05) is 12.4 Å². The molecule has 0 aliphatic heterocycles. The second-order valence-corrected chi connectivity index (χ2v) is 9.48. The Morgan fingerprint density at radius 3 is 2.52 bits per heavy atom. The smallest absolute Gasteiger partial charge is 0.327 e. The molecule has 3 N–H and O–H groups in total. The Morgan fingerprint density at radius 1 is 1.36 bits per heavy atom. The summed E-state index contributed by atoms with van der Waals surface area (Å²) in [6.45, 7) is 11.6. The molecule has 0 bridgehead atoms. The largest absolute Gasteiger partial charge is 0.481 e. The molecular formula is C16H28N2O5S2. The van der Waals surface area contributed by atoms with E-state index in [1.807, 2.05) is 27.7 Å². The molecule has 1 atom stereocenters. The maximum absolute atomic E-state index is 11.4. The molecule has 1 unspecified atom stereocenters. The molecule has 0 aromatic rings. The number of aliphatic carboxylic acids is 2. The van der Waals surface area contributed by atoms with E-state index in [4.69, 9.17) is 9.94 Å². The van der Waals surface area contributed by atoms with E-state index in [9.17, 15) is 14.7 Å². The third-order valence-electron chi connectivity index (χ3n) is 2.81. The van der Waals surface area contributed by atoms with Crippen LogP contribution >= 0.6 is 21.6 Å². The highest BCUT2D eigenvalue weighted by atomic mass is 33.1. The normalized spacial score (nSPS) is 13.0. The molecule has 0 aromatic carbocycles. The fraction of sp³-hybridized carbons (Fsp3) is 0.688. The van der Waals surface area contributed by atoms with Crippen LogP contribution in [0.15, 0.2) is 17.4 Å². The highest BCUT2D eigenvalue weighted by Crippen LogP contribution is 2.39. The molecule has 7 nitrogen and oxygen atoms in total. The van der Waals surface area contributed by atoms with E-state index >= 15 is 0 Å². The molecule has 0 radical (unpaired) electrons. The highest BCUT2D eigenvalue weighted by molar-refractivity contribution is 8.77. The third kappa shape index (κ3) is 13.6. The summed E-state index contributed by atoms with van der Waals surface area (Å²) < 4.78 is -0.252. The Bertz CT molecular complexity index is 481. The number of nitrogens with one attached hydrogen (secondary N) is 1. The quantitative estimate of drug-likeness (QED) is 0.235. The van der Waals surface area contributed by atoms with Crippen LogP contribution in [-0.2, 0) is 14.4 Å². The molecule has 0 rings (SSSR count). The van der Waals surface area contributed by atoms with Crippen LogP contribution < -0.4 is 5.32 Å². The average molecular weight is 393 g/mol. The van der Waals surface area contributed by atoms with E-state index in [2.05, 4.69) is 17.1 Å². The summed E-state index contributed by atoms with van der Waals surface area (Å²) in [7, 11) is 2.88. The Morgan fingerprint density at radius 2 is 2.00 bits per heavy atom. The van der Waals surface area contributed by atoms with Gasteiger partial charge < -0.3 is 20.4 Å². The first-order chi connectivity index (χ1) is 11.5. The first-order valence-corrected chi connectivity index (χ1v) is 10.2. The number of nitrogens with zero attached hydrogens (tertiary/aromatic N) is 1. The maximum Gasteiger partial charge on any atom is 0.327 e. The van der Waals surface area contributed by atoms with Gasteiger partial charge in [0.25, 0.3) is 0 Å². The average Bonchev–Trinajstić information content (AvgIpc) is 2.48. The van der Waals surface area contributed by atoms with Crippen molar-refractivity contribution in [2.24, 2.45) is 11.1 Å². The minimum atomic E-state index is -0.983. The van der Waals surface area contributed by atoms with E-state index in [0.717, 1.165) is 0 Å². The molecule has 0 amide bonds. The topological polar surface area (TPSA) is 108 Å². The fourth-order valence-electron chi connectivity index (χ4n) is 1.45. The minimum Gasteiger partial charge on any atom is -0.481 e. The number of hydrogen-bond donors (Lipinski definition) is 3. The van der Waals surface area contributed by atoms with Crippen molar-refractivity contribution in [1.29, 1.82) is 0 Å². The molecule has 0 saturated heterocycles. The lowest BCUT2D eigenvalue weighted by molar-refractivity contribution is -0.139. The van der Waals surface area contributed by atoms with Gasteiger partial charge in [-0.3, -0.25) is 4.79 Å². The molecule has 0 aromatic heterocycles. The number of carboxylic acid groups (broad SMARTS) is 2. The van der Waals surface area contributed by atoms with Crippen LogP contribution in [-0.4, -0.2) is 51.5 Å². The summed E-state index contributed by atoms with van der Waals surface area (Å²) in [6.07, 6.45) is 2.25. The lowest BCUT2D eigenvalue weighted by atomic mass is 10.1. The van der Waals surface area contributed by atoms with Gasteiger partial charge in [0, 0.05) is 28.8 Å². The van der Waals surface area contributed by atoms with Crippen molar-refractivity contribution >= 4 is 39.7 Å². The van der Waals surface area contributed by atoms with Gasteiger partial charge in [-0.25, -0.2) is 4.79 Å². The van der Waals surface area contributed by atoms with Gasteiger partial charge in [0.1, 0.15) is 6.04 Å². The van der Waals surface area contributed by atoms with Gasteiger partial charge in [0.05, 0.1) is 0 Å². The summed E-state index contributed by atoms with van der Waals surface area (Å²) in [5, 5.41) is 24.6. The maximum atomic E-state index is 11.4. The monoisotopic (exact) mass is 392 g/mol. The van der Waals surface area contributed by atoms with E-state index < -0.39 is 18.0 Å². The SMILES string of the molecule is C=C(CO/N=C/C(C)C)NC(CSSC(C)(C)CCC(=O)O)C(=O)O. The molecule has 25 heavy (non-hydrogen) atoms. The van der Waals surface area contributed by atoms with Crippen molar-refractivity contribution in [3.63, 3.8) is 0 Å². The van der Waals surface area contributed by atoms with Crippen molar-refractivity contribution in [1.82, 2.24) is 5.32 Å². The summed E-state index contributed by atoms with van der Waals surface area (Å²) in [6, 6.07) is -0.807. The second kappa shape index (κ2) is 12.1. The van der Waals surface area contributed by atoms with Crippen LogP contribution in [0.1, 0.15) is 40.5 Å².